The van der Waals surface area contributed by atoms with Gasteiger partial charge in [-0.1, -0.05) is 0 Å². The minimum atomic E-state index is -3.36. The molecule has 0 saturated carbocycles. The van der Waals surface area contributed by atoms with Crippen molar-refractivity contribution in [1.29, 1.82) is 0 Å². The van der Waals surface area contributed by atoms with Crippen LogP contribution in [0.25, 0.3) is 0 Å². The second-order valence-corrected chi connectivity index (χ2v) is 5.32. The summed E-state index contributed by atoms with van der Waals surface area (Å²) >= 11 is 0. The molecule has 0 aliphatic carbocycles. The van der Waals surface area contributed by atoms with Crippen LogP contribution in [0.5, 0.6) is 0 Å². The quantitative estimate of drug-likeness (QED) is 0.467. The molecule has 2 N–H and O–H groups in total. The predicted octanol–water partition coefficient (Wildman–Crippen LogP) is 0.147. The van der Waals surface area contributed by atoms with Crippen molar-refractivity contribution in [1.82, 2.24) is 0 Å². The Labute approximate surface area is 61.3 Å². The summed E-state index contributed by atoms with van der Waals surface area (Å²) < 4.78 is 9.58. The molecule has 0 fully saturated rings. The molecule has 5 heteroatoms. The molecule has 4 nitrogen and oxygen atoms in total. The van der Waals surface area contributed by atoms with Crippen molar-refractivity contribution in [2.75, 3.05) is 20.9 Å². The number of ether oxygens (including phenoxy) is 2. The van der Waals surface area contributed by atoms with Gasteiger partial charge in [0.25, 0.3) is 0 Å². The molecule has 0 aromatic carbocycles. The van der Waals surface area contributed by atoms with Crippen LogP contribution in [-0.2, 0) is 9.47 Å². The molecule has 0 rings (SSSR count). The van der Waals surface area contributed by atoms with E-state index in [1.165, 1.54) is 27.8 Å². The Kier molecular flexibility index (Phi) is 3.20. The van der Waals surface area contributed by atoms with Gasteiger partial charge in [-0.25, -0.2) is 0 Å². The maximum absolute atomic E-state index is 9.18. The molecule has 0 aliphatic rings. The van der Waals surface area contributed by atoms with Gasteiger partial charge >= 0.3 is 60.3 Å². The monoisotopic (exact) mass is 170 g/mol. The molecule has 0 saturated heterocycles. The van der Waals surface area contributed by atoms with Crippen molar-refractivity contribution in [2.24, 2.45) is 0 Å². The van der Waals surface area contributed by atoms with Crippen LogP contribution in [0.4, 0.5) is 0 Å². The minimum absolute atomic E-state index is 1.23. The number of rotatable bonds is 3. The van der Waals surface area contributed by atoms with Gasteiger partial charge < -0.3 is 0 Å². The van der Waals surface area contributed by atoms with E-state index in [0.29, 0.717) is 0 Å². The Balaban J connectivity index is 4.33. The first-order chi connectivity index (χ1) is 4.37. The van der Waals surface area contributed by atoms with Gasteiger partial charge in [0.2, 0.25) is 0 Å². The Bertz CT molecular complexity index is 105. The fraction of sp³-hybridized carbons (Fsp3) is 1.00. The maximum atomic E-state index is 9.18. The molecule has 10 heavy (non-hydrogen) atoms. The van der Waals surface area contributed by atoms with Crippen molar-refractivity contribution in [2.45, 2.75) is 12.5 Å². The molecule has 0 atom stereocenters. The van der Waals surface area contributed by atoms with Crippen LogP contribution < -0.4 is 0 Å². The summed E-state index contributed by atoms with van der Waals surface area (Å²) in [5.41, 5.74) is -1.23. The van der Waals surface area contributed by atoms with Gasteiger partial charge in [-0.3, -0.25) is 0 Å². The van der Waals surface area contributed by atoms with E-state index in [-0.39, 0.29) is 0 Å². The van der Waals surface area contributed by atoms with Crippen molar-refractivity contribution in [3.8, 4) is 0 Å². The van der Waals surface area contributed by atoms with Crippen molar-refractivity contribution < 1.29 is 19.3 Å². The summed E-state index contributed by atoms with van der Waals surface area (Å²) in [6.45, 7) is 2.83. The topological polar surface area (TPSA) is 58.9 Å². The molecule has 64 valence electrons. The summed E-state index contributed by atoms with van der Waals surface area (Å²) in [5, 5.41) is 0. The molecule has 0 unspecified atom stereocenters. The Morgan fingerprint density at radius 1 is 1.20 bits per heavy atom. The van der Waals surface area contributed by atoms with Crippen LogP contribution in [0, 0.1) is 0 Å². The van der Waals surface area contributed by atoms with Crippen LogP contribution in [0.3, 0.4) is 0 Å². The Morgan fingerprint density at radius 3 is 1.50 bits per heavy atom. The third-order valence-electron chi connectivity index (χ3n) is 1.64. The van der Waals surface area contributed by atoms with Crippen LogP contribution in [0.15, 0.2) is 0 Å². The van der Waals surface area contributed by atoms with E-state index in [4.69, 9.17) is 9.47 Å². The third-order valence-corrected chi connectivity index (χ3v) is 3.77. The van der Waals surface area contributed by atoms with Crippen LogP contribution in [-0.4, -0.2) is 36.2 Å². The van der Waals surface area contributed by atoms with Gasteiger partial charge in [0.05, 0.1) is 0 Å². The van der Waals surface area contributed by atoms with Gasteiger partial charge in [0, 0.05) is 0 Å². The van der Waals surface area contributed by atoms with Gasteiger partial charge in [-0.05, 0) is 0 Å². The molecule has 0 amide bonds. The van der Waals surface area contributed by atoms with Crippen LogP contribution in [0.1, 0.15) is 6.92 Å². The van der Waals surface area contributed by atoms with Crippen LogP contribution >= 0.6 is 7.72 Å². The van der Waals surface area contributed by atoms with Crippen molar-refractivity contribution in [3.05, 3.63) is 0 Å². The summed E-state index contributed by atoms with van der Waals surface area (Å²) in [6.07, 6.45) is 0. The molecule has 0 radical (unpaired) electrons. The molecule has 0 spiro atoms. The van der Waals surface area contributed by atoms with E-state index in [0.717, 1.165) is 0 Å². The number of hydrogen-bond acceptors (Lipinski definition) is 4. The average Bonchev–Trinajstić information content (AvgIpc) is 1.84. The standard InChI is InChI=1S/C5H15O4P/c1-5(8-2,9-3)10(4,6)7/h6-7,10H,1-4H3. The van der Waals surface area contributed by atoms with E-state index in [2.05, 4.69) is 0 Å². The first kappa shape index (κ1) is 10.3. The summed E-state index contributed by atoms with van der Waals surface area (Å²) in [5.74, 6) is 0. The van der Waals surface area contributed by atoms with Crippen molar-refractivity contribution >= 4 is 7.72 Å². The number of hydrogen-bond donors (Lipinski definition) is 2. The molecule has 0 aromatic heterocycles. The SMILES string of the molecule is COC(C)(OC)[PH](C)(O)O. The van der Waals surface area contributed by atoms with E-state index >= 15 is 0 Å². The van der Waals surface area contributed by atoms with E-state index < -0.39 is 13.2 Å². The fourth-order valence-electron chi connectivity index (χ4n) is 0.470. The van der Waals surface area contributed by atoms with Gasteiger partial charge in [-0.15, -0.1) is 0 Å². The summed E-state index contributed by atoms with van der Waals surface area (Å²) in [7, 11) is -0.603. The van der Waals surface area contributed by atoms with E-state index in [1.54, 1.807) is 0 Å². The molecule has 0 aliphatic heterocycles. The number of methoxy groups -OCH3 is 2. The van der Waals surface area contributed by atoms with E-state index in [1.807, 2.05) is 0 Å². The zero-order valence-electron chi connectivity index (χ0n) is 6.71. The van der Waals surface area contributed by atoms with Gasteiger partial charge in [0.1, 0.15) is 0 Å². The molecule has 0 aromatic rings. The summed E-state index contributed by atoms with van der Waals surface area (Å²) in [6, 6.07) is 0. The van der Waals surface area contributed by atoms with Gasteiger partial charge in [-0.2, -0.15) is 0 Å². The predicted molar refractivity (Wildman–Crippen MR) is 41.1 cm³/mol. The van der Waals surface area contributed by atoms with Gasteiger partial charge in [0.15, 0.2) is 0 Å². The second-order valence-electron chi connectivity index (χ2n) is 2.37. The molecule has 0 heterocycles. The zero-order chi connectivity index (χ0) is 8.41. The summed E-state index contributed by atoms with van der Waals surface area (Å²) in [4.78, 5) is 18.4. The Hall–Kier alpha value is 0.270. The first-order valence-electron chi connectivity index (χ1n) is 2.92. The Morgan fingerprint density at radius 2 is 1.50 bits per heavy atom. The van der Waals surface area contributed by atoms with E-state index in [9.17, 15) is 9.79 Å². The molecule has 0 bridgehead atoms. The second kappa shape index (κ2) is 3.11. The normalized spacial score (nSPS) is 15.4. The third kappa shape index (κ3) is 1.87. The molecular formula is C5H15O4P. The van der Waals surface area contributed by atoms with Crippen LogP contribution in [0.2, 0.25) is 0 Å². The fourth-order valence-corrected chi connectivity index (χ4v) is 1.24. The zero-order valence-corrected chi connectivity index (χ0v) is 7.71. The average molecular weight is 170 g/mol. The molecular weight excluding hydrogens is 155 g/mol. The van der Waals surface area contributed by atoms with Crippen molar-refractivity contribution in [3.63, 3.8) is 0 Å². The first-order valence-corrected chi connectivity index (χ1v) is 5.32.